The third kappa shape index (κ3) is 1.83. The van der Waals surface area contributed by atoms with Crippen LogP contribution in [0.4, 0.5) is 0 Å². The number of carboxylic acid groups (broad SMARTS) is 1. The highest BCUT2D eigenvalue weighted by Crippen LogP contribution is 2.31. The van der Waals surface area contributed by atoms with Crippen LogP contribution < -0.4 is 5.32 Å². The molecule has 0 amide bonds. The Hall–Kier alpha value is -1.35. The van der Waals surface area contributed by atoms with Crippen molar-refractivity contribution < 1.29 is 9.90 Å². The van der Waals surface area contributed by atoms with Gasteiger partial charge in [-0.3, -0.25) is 4.79 Å². The second kappa shape index (κ2) is 4.26. The van der Waals surface area contributed by atoms with Crippen LogP contribution in [0.2, 0.25) is 0 Å². The van der Waals surface area contributed by atoms with E-state index < -0.39 is 11.4 Å². The highest BCUT2D eigenvalue weighted by atomic mass is 16.4. The predicted molar refractivity (Wildman–Crippen MR) is 62.6 cm³/mol. The lowest BCUT2D eigenvalue weighted by atomic mass is 9.74. The van der Waals surface area contributed by atoms with Crippen LogP contribution in [0.1, 0.15) is 24.0 Å². The van der Waals surface area contributed by atoms with Gasteiger partial charge in [0, 0.05) is 6.54 Å². The molecule has 1 saturated heterocycles. The van der Waals surface area contributed by atoms with Gasteiger partial charge in [-0.15, -0.1) is 0 Å². The van der Waals surface area contributed by atoms with Crippen molar-refractivity contribution in [3.8, 4) is 0 Å². The Balaban J connectivity index is 2.38. The molecule has 1 aromatic rings. The summed E-state index contributed by atoms with van der Waals surface area (Å²) in [7, 11) is 0. The van der Waals surface area contributed by atoms with Gasteiger partial charge in [0.2, 0.25) is 0 Å². The van der Waals surface area contributed by atoms with Crippen molar-refractivity contribution in [2.75, 3.05) is 13.1 Å². The number of rotatable bonds is 2. The number of carbonyl (C=O) groups is 1. The first-order valence-electron chi connectivity index (χ1n) is 5.66. The Kier molecular flexibility index (Phi) is 2.97. The summed E-state index contributed by atoms with van der Waals surface area (Å²) in [5.41, 5.74) is 1.34. The molecule has 1 aliphatic heterocycles. The lowest BCUT2D eigenvalue weighted by Crippen LogP contribution is -2.49. The van der Waals surface area contributed by atoms with E-state index in [0.717, 1.165) is 30.5 Å². The summed E-state index contributed by atoms with van der Waals surface area (Å²) in [6.07, 6.45) is 1.64. The number of hydrogen-bond acceptors (Lipinski definition) is 2. The van der Waals surface area contributed by atoms with E-state index in [4.69, 9.17) is 0 Å². The first-order chi connectivity index (χ1) is 7.65. The van der Waals surface area contributed by atoms with E-state index in [9.17, 15) is 9.90 Å². The normalized spacial score (nSPS) is 25.3. The minimum absolute atomic E-state index is 0.533. The van der Waals surface area contributed by atoms with Gasteiger partial charge < -0.3 is 10.4 Å². The molecule has 3 heteroatoms. The Bertz CT molecular complexity index is 377. The number of hydrogen-bond donors (Lipinski definition) is 2. The molecule has 0 aromatic heterocycles. The Morgan fingerprint density at radius 1 is 1.38 bits per heavy atom. The Morgan fingerprint density at radius 2 is 2.06 bits per heavy atom. The molecule has 1 aromatic carbocycles. The fourth-order valence-electron chi connectivity index (χ4n) is 2.33. The minimum atomic E-state index is -0.730. The molecule has 1 unspecified atom stereocenters. The van der Waals surface area contributed by atoms with E-state index in [1.807, 2.05) is 31.2 Å². The maximum Gasteiger partial charge on any atom is 0.315 e. The summed E-state index contributed by atoms with van der Waals surface area (Å²) >= 11 is 0. The molecule has 0 saturated carbocycles. The molecular formula is C13H17NO2. The molecule has 2 N–H and O–H groups in total. The fourth-order valence-corrected chi connectivity index (χ4v) is 2.33. The summed E-state index contributed by atoms with van der Waals surface area (Å²) in [5, 5.41) is 12.7. The first kappa shape index (κ1) is 11.1. The lowest BCUT2D eigenvalue weighted by Gasteiger charge is -2.34. The van der Waals surface area contributed by atoms with Gasteiger partial charge in [0.25, 0.3) is 0 Å². The summed E-state index contributed by atoms with van der Waals surface area (Å²) in [4.78, 5) is 11.5. The molecule has 86 valence electrons. The molecule has 1 aliphatic rings. The van der Waals surface area contributed by atoms with Crippen LogP contribution in [0.15, 0.2) is 24.3 Å². The van der Waals surface area contributed by atoms with E-state index in [2.05, 4.69) is 5.32 Å². The van der Waals surface area contributed by atoms with Crippen molar-refractivity contribution in [2.45, 2.75) is 25.2 Å². The van der Waals surface area contributed by atoms with Crippen LogP contribution in [-0.2, 0) is 10.2 Å². The van der Waals surface area contributed by atoms with Crippen molar-refractivity contribution in [3.05, 3.63) is 35.4 Å². The van der Waals surface area contributed by atoms with Gasteiger partial charge in [-0.2, -0.15) is 0 Å². The molecule has 0 spiro atoms. The molecule has 0 radical (unpaired) electrons. The first-order valence-corrected chi connectivity index (χ1v) is 5.66. The van der Waals surface area contributed by atoms with Crippen molar-refractivity contribution in [1.82, 2.24) is 5.32 Å². The molecule has 0 bridgehead atoms. The zero-order chi connectivity index (χ0) is 11.6. The second-order valence-electron chi connectivity index (χ2n) is 4.53. The van der Waals surface area contributed by atoms with Crippen LogP contribution in [0.25, 0.3) is 0 Å². The SMILES string of the molecule is Cc1ccc(C2(C(=O)O)CCCNC2)cc1. The Morgan fingerprint density at radius 3 is 2.56 bits per heavy atom. The topological polar surface area (TPSA) is 49.3 Å². The molecule has 1 atom stereocenters. The van der Waals surface area contributed by atoms with Gasteiger partial charge in [-0.25, -0.2) is 0 Å². The quantitative estimate of drug-likeness (QED) is 0.796. The van der Waals surface area contributed by atoms with Crippen LogP contribution in [0, 0.1) is 6.92 Å². The van der Waals surface area contributed by atoms with Crippen LogP contribution in [-0.4, -0.2) is 24.2 Å². The van der Waals surface area contributed by atoms with Gasteiger partial charge in [0.15, 0.2) is 0 Å². The van der Waals surface area contributed by atoms with E-state index in [1.165, 1.54) is 0 Å². The maximum atomic E-state index is 11.5. The highest BCUT2D eigenvalue weighted by molar-refractivity contribution is 5.82. The van der Waals surface area contributed by atoms with E-state index in [1.54, 1.807) is 0 Å². The molecule has 2 rings (SSSR count). The van der Waals surface area contributed by atoms with E-state index in [0.29, 0.717) is 6.54 Å². The summed E-state index contributed by atoms with van der Waals surface area (Å²) in [6, 6.07) is 7.84. The molecule has 16 heavy (non-hydrogen) atoms. The monoisotopic (exact) mass is 219 g/mol. The third-order valence-electron chi connectivity index (χ3n) is 3.40. The summed E-state index contributed by atoms with van der Waals surface area (Å²) in [5.74, 6) is -0.719. The lowest BCUT2D eigenvalue weighted by molar-refractivity contribution is -0.144. The minimum Gasteiger partial charge on any atom is -0.481 e. The molecule has 3 nitrogen and oxygen atoms in total. The van der Waals surface area contributed by atoms with Crippen LogP contribution >= 0.6 is 0 Å². The van der Waals surface area contributed by atoms with Gasteiger partial charge >= 0.3 is 5.97 Å². The predicted octanol–water partition coefficient (Wildman–Crippen LogP) is 1.70. The molecule has 1 heterocycles. The van der Waals surface area contributed by atoms with Gasteiger partial charge in [-0.1, -0.05) is 29.8 Å². The smallest absolute Gasteiger partial charge is 0.315 e. The molecule has 0 aliphatic carbocycles. The highest BCUT2D eigenvalue weighted by Gasteiger charge is 2.41. The van der Waals surface area contributed by atoms with Gasteiger partial charge in [0.05, 0.1) is 0 Å². The van der Waals surface area contributed by atoms with E-state index in [-0.39, 0.29) is 0 Å². The second-order valence-corrected chi connectivity index (χ2v) is 4.53. The Labute approximate surface area is 95.5 Å². The standard InChI is InChI=1S/C13H17NO2/c1-10-3-5-11(6-4-10)13(12(15)16)7-2-8-14-9-13/h3-6,14H,2,7-9H2,1H3,(H,15,16). The van der Waals surface area contributed by atoms with Crippen molar-refractivity contribution in [3.63, 3.8) is 0 Å². The largest absolute Gasteiger partial charge is 0.481 e. The van der Waals surface area contributed by atoms with Gasteiger partial charge in [0.1, 0.15) is 5.41 Å². The van der Waals surface area contributed by atoms with Crippen LogP contribution in [0.3, 0.4) is 0 Å². The van der Waals surface area contributed by atoms with Crippen molar-refractivity contribution in [1.29, 1.82) is 0 Å². The third-order valence-corrected chi connectivity index (χ3v) is 3.40. The number of carboxylic acids is 1. The zero-order valence-corrected chi connectivity index (χ0v) is 9.49. The van der Waals surface area contributed by atoms with Crippen molar-refractivity contribution in [2.24, 2.45) is 0 Å². The van der Waals surface area contributed by atoms with Gasteiger partial charge in [-0.05, 0) is 31.9 Å². The zero-order valence-electron chi connectivity index (χ0n) is 9.49. The van der Waals surface area contributed by atoms with Crippen LogP contribution in [0.5, 0.6) is 0 Å². The molecular weight excluding hydrogens is 202 g/mol. The molecule has 1 fully saturated rings. The average molecular weight is 219 g/mol. The summed E-state index contributed by atoms with van der Waals surface area (Å²) < 4.78 is 0. The number of benzene rings is 1. The number of nitrogens with one attached hydrogen (secondary N) is 1. The fraction of sp³-hybridized carbons (Fsp3) is 0.462. The number of piperidine rings is 1. The number of aryl methyl sites for hydroxylation is 1. The average Bonchev–Trinajstić information content (AvgIpc) is 2.30. The summed E-state index contributed by atoms with van der Waals surface area (Å²) in [6.45, 7) is 3.46. The number of aliphatic carboxylic acids is 1. The van der Waals surface area contributed by atoms with E-state index >= 15 is 0 Å². The maximum absolute atomic E-state index is 11.5. The van der Waals surface area contributed by atoms with Crippen molar-refractivity contribution >= 4 is 5.97 Å².